The van der Waals surface area contributed by atoms with Gasteiger partial charge in [-0.15, -0.1) is 5.10 Å². The van der Waals surface area contributed by atoms with Crippen LogP contribution in [0.5, 0.6) is 5.75 Å². The third kappa shape index (κ3) is 2.55. The van der Waals surface area contributed by atoms with E-state index in [1.165, 1.54) is 0 Å². The number of nitrogen functional groups attached to an aromatic ring is 1. The summed E-state index contributed by atoms with van der Waals surface area (Å²) in [5.74, 6) is 0.862. The number of nitrogens with two attached hydrogens (primary N) is 1. The molecule has 1 unspecified atom stereocenters. The Morgan fingerprint density at radius 3 is 2.88 bits per heavy atom. The van der Waals surface area contributed by atoms with Crippen molar-refractivity contribution in [3.63, 3.8) is 0 Å². The quantitative estimate of drug-likeness (QED) is 0.933. The number of ether oxygens (including phenoxy) is 1. The van der Waals surface area contributed by atoms with Crippen molar-refractivity contribution < 1.29 is 4.74 Å². The normalized spacial score (nSPS) is 12.4. The van der Waals surface area contributed by atoms with Gasteiger partial charge in [0.2, 0.25) is 0 Å². The smallest absolute Gasteiger partial charge is 0.176 e. The number of nitrogens with zero attached hydrogens (tertiary/aromatic N) is 4. The zero-order valence-corrected chi connectivity index (χ0v) is 11.0. The molecular formula is C10H12BrN5O. The van der Waals surface area contributed by atoms with Crippen LogP contribution in [-0.4, -0.2) is 20.0 Å². The Bertz CT molecular complexity index is 507. The lowest BCUT2D eigenvalue weighted by Gasteiger charge is -2.14. The van der Waals surface area contributed by atoms with Gasteiger partial charge < -0.3 is 10.5 Å². The second kappa shape index (κ2) is 4.70. The molecule has 0 saturated heterocycles. The zero-order valence-electron chi connectivity index (χ0n) is 9.46. The van der Waals surface area contributed by atoms with E-state index in [2.05, 4.69) is 31.2 Å². The first-order chi connectivity index (χ1) is 8.08. The van der Waals surface area contributed by atoms with Crippen molar-refractivity contribution in [1.82, 2.24) is 20.0 Å². The van der Waals surface area contributed by atoms with E-state index in [4.69, 9.17) is 10.5 Å². The number of halogens is 1. The molecule has 2 heterocycles. The zero-order chi connectivity index (χ0) is 12.4. The molecule has 0 aliphatic rings. The van der Waals surface area contributed by atoms with Crippen molar-refractivity contribution in [3.8, 4) is 5.75 Å². The van der Waals surface area contributed by atoms with Crippen LogP contribution in [0, 0.1) is 0 Å². The highest BCUT2D eigenvalue weighted by Gasteiger charge is 2.15. The van der Waals surface area contributed by atoms with Gasteiger partial charge in [0.25, 0.3) is 0 Å². The Balaban J connectivity index is 2.21. The summed E-state index contributed by atoms with van der Waals surface area (Å²) in [6, 6.07) is 1.77. The topological polar surface area (TPSA) is 78.9 Å². The highest BCUT2D eigenvalue weighted by atomic mass is 79.9. The van der Waals surface area contributed by atoms with Crippen LogP contribution in [0.3, 0.4) is 0 Å². The van der Waals surface area contributed by atoms with Gasteiger partial charge in [0.1, 0.15) is 11.8 Å². The van der Waals surface area contributed by atoms with Gasteiger partial charge in [-0.2, -0.15) is 0 Å². The molecule has 2 N–H and O–H groups in total. The lowest BCUT2D eigenvalue weighted by molar-refractivity contribution is 0.221. The Morgan fingerprint density at radius 1 is 1.53 bits per heavy atom. The second-order valence-electron chi connectivity index (χ2n) is 3.58. The SMILES string of the molecule is CC(Oc1c(Br)ccnc1N)c1cn(C)nn1. The molecule has 7 heteroatoms. The summed E-state index contributed by atoms with van der Waals surface area (Å²) in [6.07, 6.45) is 3.16. The molecule has 0 spiro atoms. The first kappa shape index (κ1) is 11.8. The molecule has 0 aliphatic carbocycles. The maximum atomic E-state index is 5.75. The minimum Gasteiger partial charge on any atom is -0.479 e. The molecule has 2 rings (SSSR count). The van der Waals surface area contributed by atoms with Crippen LogP contribution >= 0.6 is 15.9 Å². The molecule has 2 aromatic heterocycles. The summed E-state index contributed by atoms with van der Waals surface area (Å²) in [4.78, 5) is 3.97. The summed E-state index contributed by atoms with van der Waals surface area (Å²) >= 11 is 3.37. The van der Waals surface area contributed by atoms with Gasteiger partial charge in [0.15, 0.2) is 11.6 Å². The average molecular weight is 298 g/mol. The lowest BCUT2D eigenvalue weighted by Crippen LogP contribution is -2.06. The van der Waals surface area contributed by atoms with Crippen molar-refractivity contribution in [1.29, 1.82) is 0 Å². The standard InChI is InChI=1S/C10H12BrN5O/c1-6(8-5-16(2)15-14-8)17-9-7(11)3-4-13-10(9)12/h3-6H,1-2H3,(H2,12,13). The fourth-order valence-electron chi connectivity index (χ4n) is 1.35. The maximum absolute atomic E-state index is 5.75. The van der Waals surface area contributed by atoms with Gasteiger partial charge in [0, 0.05) is 13.2 Å². The van der Waals surface area contributed by atoms with Gasteiger partial charge in [-0.25, -0.2) is 4.98 Å². The van der Waals surface area contributed by atoms with E-state index in [9.17, 15) is 0 Å². The van der Waals surface area contributed by atoms with Gasteiger partial charge in [-0.05, 0) is 28.9 Å². The van der Waals surface area contributed by atoms with Crippen molar-refractivity contribution in [3.05, 3.63) is 28.6 Å². The van der Waals surface area contributed by atoms with Gasteiger partial charge in [-0.1, -0.05) is 5.21 Å². The molecule has 0 bridgehead atoms. The van der Waals surface area contributed by atoms with Crippen LogP contribution < -0.4 is 10.5 Å². The first-order valence-electron chi connectivity index (χ1n) is 5.01. The number of hydrogen-bond acceptors (Lipinski definition) is 5. The molecule has 0 aliphatic heterocycles. The highest BCUT2D eigenvalue weighted by molar-refractivity contribution is 9.10. The molecular weight excluding hydrogens is 286 g/mol. The van der Waals surface area contributed by atoms with Crippen LogP contribution in [0.1, 0.15) is 18.7 Å². The molecule has 90 valence electrons. The Labute approximate surface area is 107 Å². The Morgan fingerprint density at radius 2 is 2.29 bits per heavy atom. The predicted octanol–water partition coefficient (Wildman–Crippen LogP) is 1.69. The van der Waals surface area contributed by atoms with Crippen LogP contribution in [-0.2, 0) is 7.05 Å². The molecule has 17 heavy (non-hydrogen) atoms. The maximum Gasteiger partial charge on any atom is 0.176 e. The van der Waals surface area contributed by atoms with Crippen molar-refractivity contribution in [2.45, 2.75) is 13.0 Å². The minimum absolute atomic E-state index is 0.244. The van der Waals surface area contributed by atoms with Crippen LogP contribution in [0.4, 0.5) is 5.82 Å². The van der Waals surface area contributed by atoms with Crippen molar-refractivity contribution in [2.24, 2.45) is 7.05 Å². The van der Waals surface area contributed by atoms with E-state index >= 15 is 0 Å². The molecule has 0 amide bonds. The Hall–Kier alpha value is -1.63. The molecule has 0 aromatic carbocycles. The van der Waals surface area contributed by atoms with Crippen molar-refractivity contribution >= 4 is 21.7 Å². The lowest BCUT2D eigenvalue weighted by atomic mass is 10.3. The molecule has 6 nitrogen and oxygen atoms in total. The van der Waals surface area contributed by atoms with Crippen LogP contribution in [0.15, 0.2) is 22.9 Å². The fourth-order valence-corrected chi connectivity index (χ4v) is 1.76. The molecule has 1 atom stereocenters. The van der Waals surface area contributed by atoms with Crippen LogP contribution in [0.2, 0.25) is 0 Å². The molecule has 0 saturated carbocycles. The van der Waals surface area contributed by atoms with E-state index in [1.807, 2.05) is 6.92 Å². The predicted molar refractivity (Wildman–Crippen MR) is 66.4 cm³/mol. The minimum atomic E-state index is -0.244. The van der Waals surface area contributed by atoms with Crippen LogP contribution in [0.25, 0.3) is 0 Å². The summed E-state index contributed by atoms with van der Waals surface area (Å²) in [7, 11) is 1.80. The van der Waals surface area contributed by atoms with E-state index < -0.39 is 0 Å². The number of aromatic nitrogens is 4. The van der Waals surface area contributed by atoms with E-state index in [0.717, 1.165) is 10.2 Å². The number of hydrogen-bond donors (Lipinski definition) is 1. The molecule has 0 fully saturated rings. The third-order valence-electron chi connectivity index (χ3n) is 2.22. The van der Waals surface area contributed by atoms with E-state index in [1.54, 1.807) is 30.2 Å². The second-order valence-corrected chi connectivity index (χ2v) is 4.44. The monoisotopic (exact) mass is 297 g/mol. The van der Waals surface area contributed by atoms with Gasteiger partial charge in [0.05, 0.1) is 10.7 Å². The summed E-state index contributed by atoms with van der Waals surface area (Å²) in [5.41, 5.74) is 6.48. The average Bonchev–Trinajstić information content (AvgIpc) is 2.70. The summed E-state index contributed by atoms with van der Waals surface area (Å²) < 4.78 is 8.11. The molecule has 0 radical (unpaired) electrons. The van der Waals surface area contributed by atoms with Gasteiger partial charge >= 0.3 is 0 Å². The number of pyridine rings is 1. The van der Waals surface area contributed by atoms with Crippen molar-refractivity contribution in [2.75, 3.05) is 5.73 Å². The van der Waals surface area contributed by atoms with Gasteiger partial charge in [-0.3, -0.25) is 4.68 Å². The largest absolute Gasteiger partial charge is 0.479 e. The van der Waals surface area contributed by atoms with E-state index in [-0.39, 0.29) is 6.10 Å². The third-order valence-corrected chi connectivity index (χ3v) is 2.84. The summed E-state index contributed by atoms with van der Waals surface area (Å²) in [5, 5.41) is 7.83. The number of anilines is 1. The molecule has 2 aromatic rings. The summed E-state index contributed by atoms with van der Waals surface area (Å²) in [6.45, 7) is 1.88. The Kier molecular flexibility index (Phi) is 3.28. The number of aryl methyl sites for hydroxylation is 1. The number of rotatable bonds is 3. The fraction of sp³-hybridized carbons (Fsp3) is 0.300. The van der Waals surface area contributed by atoms with E-state index in [0.29, 0.717) is 11.6 Å². The first-order valence-corrected chi connectivity index (χ1v) is 5.80. The highest BCUT2D eigenvalue weighted by Crippen LogP contribution is 2.32.